The zero-order valence-corrected chi connectivity index (χ0v) is 20.0. The molecular formula is C24H44O6. The van der Waals surface area contributed by atoms with E-state index in [2.05, 4.69) is 41.5 Å². The minimum Gasteiger partial charge on any atom is -0.462 e. The number of esters is 3. The molecule has 0 aliphatic rings. The molecule has 0 bridgehead atoms. The molecule has 0 N–H and O–H groups in total. The molecule has 0 unspecified atom stereocenters. The Morgan fingerprint density at radius 2 is 0.900 bits per heavy atom. The molecule has 0 aromatic carbocycles. The molecule has 0 heterocycles. The number of ether oxygens (including phenoxy) is 3. The van der Waals surface area contributed by atoms with Crippen LogP contribution in [0.25, 0.3) is 0 Å². The second-order valence-corrected chi connectivity index (χ2v) is 9.34. The fourth-order valence-corrected chi connectivity index (χ4v) is 2.84. The lowest BCUT2D eigenvalue weighted by molar-refractivity contribution is -0.167. The third-order valence-electron chi connectivity index (χ3n) is 4.65. The van der Waals surface area contributed by atoms with Crippen molar-refractivity contribution < 1.29 is 28.6 Å². The van der Waals surface area contributed by atoms with E-state index < -0.39 is 6.10 Å². The normalized spacial score (nSPS) is 11.4. The van der Waals surface area contributed by atoms with Crippen LogP contribution in [0.2, 0.25) is 0 Å². The van der Waals surface area contributed by atoms with Crippen molar-refractivity contribution in [2.75, 3.05) is 13.2 Å². The average molecular weight is 429 g/mol. The first-order valence-electron chi connectivity index (χ1n) is 11.6. The van der Waals surface area contributed by atoms with Crippen molar-refractivity contribution in [3.8, 4) is 0 Å². The van der Waals surface area contributed by atoms with Crippen molar-refractivity contribution in [3.63, 3.8) is 0 Å². The molecule has 30 heavy (non-hydrogen) atoms. The summed E-state index contributed by atoms with van der Waals surface area (Å²) in [7, 11) is 0. The SMILES string of the molecule is CC(C)CCCC(=O)OCC(COC(=O)CCCC(C)C)OC(=O)CCCC(C)C. The average Bonchev–Trinajstić information content (AvgIpc) is 2.63. The van der Waals surface area contributed by atoms with E-state index in [4.69, 9.17) is 14.2 Å². The van der Waals surface area contributed by atoms with E-state index in [0.29, 0.717) is 37.0 Å². The van der Waals surface area contributed by atoms with Gasteiger partial charge in [-0.1, -0.05) is 60.8 Å². The Labute approximate surface area is 183 Å². The van der Waals surface area contributed by atoms with Gasteiger partial charge in [0.1, 0.15) is 13.2 Å². The minimum atomic E-state index is -0.764. The van der Waals surface area contributed by atoms with Crippen LogP contribution >= 0.6 is 0 Å². The summed E-state index contributed by atoms with van der Waals surface area (Å²) in [5.41, 5.74) is 0. The molecule has 0 aromatic heterocycles. The maximum Gasteiger partial charge on any atom is 0.306 e. The Balaban J connectivity index is 4.47. The molecule has 176 valence electrons. The van der Waals surface area contributed by atoms with Crippen molar-refractivity contribution in [3.05, 3.63) is 0 Å². The molecule has 0 aliphatic heterocycles. The van der Waals surface area contributed by atoms with Gasteiger partial charge in [-0.2, -0.15) is 0 Å². The van der Waals surface area contributed by atoms with Gasteiger partial charge in [0, 0.05) is 19.3 Å². The Hall–Kier alpha value is -1.59. The van der Waals surface area contributed by atoms with Crippen LogP contribution in [0.3, 0.4) is 0 Å². The highest BCUT2D eigenvalue weighted by Gasteiger charge is 2.19. The number of hydrogen-bond acceptors (Lipinski definition) is 6. The maximum absolute atomic E-state index is 12.1. The summed E-state index contributed by atoms with van der Waals surface area (Å²) in [6.07, 6.45) is 5.34. The van der Waals surface area contributed by atoms with Crippen LogP contribution in [0, 0.1) is 17.8 Å². The summed E-state index contributed by atoms with van der Waals surface area (Å²) in [5.74, 6) is 0.596. The second kappa shape index (κ2) is 17.1. The van der Waals surface area contributed by atoms with Crippen LogP contribution < -0.4 is 0 Å². The quantitative estimate of drug-likeness (QED) is 0.226. The minimum absolute atomic E-state index is 0.0876. The van der Waals surface area contributed by atoms with Gasteiger partial charge in [-0.3, -0.25) is 14.4 Å². The van der Waals surface area contributed by atoms with E-state index in [1.807, 2.05) is 0 Å². The molecule has 0 saturated carbocycles. The Morgan fingerprint density at radius 1 is 0.567 bits per heavy atom. The first kappa shape index (κ1) is 28.4. The Bertz CT molecular complexity index is 454. The van der Waals surface area contributed by atoms with Gasteiger partial charge in [0.15, 0.2) is 6.10 Å². The van der Waals surface area contributed by atoms with Crippen molar-refractivity contribution >= 4 is 17.9 Å². The number of rotatable bonds is 17. The van der Waals surface area contributed by atoms with Crippen LogP contribution in [0.15, 0.2) is 0 Å². The summed E-state index contributed by atoms with van der Waals surface area (Å²) in [6, 6.07) is 0. The predicted molar refractivity (Wildman–Crippen MR) is 118 cm³/mol. The molecule has 0 saturated heterocycles. The highest BCUT2D eigenvalue weighted by atomic mass is 16.6. The molecule has 0 atom stereocenters. The van der Waals surface area contributed by atoms with E-state index in [1.54, 1.807) is 0 Å². The molecule has 0 spiro atoms. The van der Waals surface area contributed by atoms with E-state index in [-0.39, 0.29) is 31.1 Å². The highest BCUT2D eigenvalue weighted by molar-refractivity contribution is 5.71. The van der Waals surface area contributed by atoms with E-state index in [0.717, 1.165) is 38.5 Å². The number of carbonyl (C=O) groups is 3. The third kappa shape index (κ3) is 18.4. The van der Waals surface area contributed by atoms with Gasteiger partial charge in [-0.15, -0.1) is 0 Å². The first-order chi connectivity index (χ1) is 14.1. The Morgan fingerprint density at radius 3 is 1.23 bits per heavy atom. The second-order valence-electron chi connectivity index (χ2n) is 9.34. The largest absolute Gasteiger partial charge is 0.462 e. The molecule has 6 heteroatoms. The lowest BCUT2D eigenvalue weighted by Gasteiger charge is -2.18. The standard InChI is InChI=1S/C24H44O6/c1-18(2)10-7-13-22(25)28-16-21(30-24(27)15-9-12-20(5)6)17-29-23(26)14-8-11-19(3)4/h18-21H,7-17H2,1-6H3. The molecule has 6 nitrogen and oxygen atoms in total. The van der Waals surface area contributed by atoms with Crippen LogP contribution in [-0.2, 0) is 28.6 Å². The van der Waals surface area contributed by atoms with Crippen LogP contribution in [-0.4, -0.2) is 37.2 Å². The van der Waals surface area contributed by atoms with Crippen molar-refractivity contribution in [1.82, 2.24) is 0 Å². The monoisotopic (exact) mass is 428 g/mol. The molecule has 0 fully saturated rings. The zero-order chi connectivity index (χ0) is 22.9. The van der Waals surface area contributed by atoms with Crippen molar-refractivity contribution in [2.45, 2.75) is 105 Å². The van der Waals surface area contributed by atoms with Crippen LogP contribution in [0.4, 0.5) is 0 Å². The molecule has 0 aromatic rings. The van der Waals surface area contributed by atoms with Gasteiger partial charge >= 0.3 is 17.9 Å². The maximum atomic E-state index is 12.1. The fraction of sp³-hybridized carbons (Fsp3) is 0.875. The lowest BCUT2D eigenvalue weighted by atomic mass is 10.1. The van der Waals surface area contributed by atoms with Gasteiger partial charge in [0.2, 0.25) is 0 Å². The van der Waals surface area contributed by atoms with Crippen LogP contribution in [0.5, 0.6) is 0 Å². The molecule has 0 amide bonds. The van der Waals surface area contributed by atoms with Gasteiger partial charge < -0.3 is 14.2 Å². The predicted octanol–water partition coefficient (Wildman–Crippen LogP) is 5.46. The van der Waals surface area contributed by atoms with E-state index >= 15 is 0 Å². The first-order valence-corrected chi connectivity index (χ1v) is 11.6. The van der Waals surface area contributed by atoms with Crippen molar-refractivity contribution in [2.24, 2.45) is 17.8 Å². The summed E-state index contributed by atoms with van der Waals surface area (Å²) in [4.78, 5) is 36.0. The Kier molecular flexibility index (Phi) is 16.2. The lowest BCUT2D eigenvalue weighted by Crippen LogP contribution is -2.31. The molecule has 0 aliphatic carbocycles. The zero-order valence-electron chi connectivity index (χ0n) is 20.0. The summed E-state index contributed by atoms with van der Waals surface area (Å²) in [5, 5.41) is 0. The summed E-state index contributed by atoms with van der Waals surface area (Å²) < 4.78 is 16.0. The van der Waals surface area contributed by atoms with E-state index in [1.165, 1.54) is 0 Å². The van der Waals surface area contributed by atoms with Crippen LogP contribution in [0.1, 0.15) is 99.3 Å². The van der Waals surface area contributed by atoms with Gasteiger partial charge in [0.05, 0.1) is 0 Å². The third-order valence-corrected chi connectivity index (χ3v) is 4.65. The highest BCUT2D eigenvalue weighted by Crippen LogP contribution is 2.11. The molecular weight excluding hydrogens is 384 g/mol. The van der Waals surface area contributed by atoms with Gasteiger partial charge in [-0.25, -0.2) is 0 Å². The fourth-order valence-electron chi connectivity index (χ4n) is 2.84. The molecule has 0 radical (unpaired) electrons. The van der Waals surface area contributed by atoms with Gasteiger partial charge in [-0.05, 0) is 37.0 Å². The number of carbonyl (C=O) groups excluding carboxylic acids is 3. The topological polar surface area (TPSA) is 78.9 Å². The summed E-state index contributed by atoms with van der Waals surface area (Å²) in [6.45, 7) is 12.5. The number of hydrogen-bond donors (Lipinski definition) is 0. The van der Waals surface area contributed by atoms with Gasteiger partial charge in [0.25, 0.3) is 0 Å². The van der Waals surface area contributed by atoms with Crippen molar-refractivity contribution in [1.29, 1.82) is 0 Å². The smallest absolute Gasteiger partial charge is 0.306 e. The summed E-state index contributed by atoms with van der Waals surface area (Å²) >= 11 is 0. The van der Waals surface area contributed by atoms with E-state index in [9.17, 15) is 14.4 Å². The molecule has 0 rings (SSSR count).